The number of piperidine rings is 1. The van der Waals surface area contributed by atoms with Crippen LogP contribution in [0.4, 0.5) is 0 Å². The number of carbonyl (C=O) groups excluding carboxylic acids is 1. The van der Waals surface area contributed by atoms with Gasteiger partial charge in [-0.05, 0) is 36.4 Å². The van der Waals surface area contributed by atoms with Crippen LogP contribution in [-0.2, 0) is 21.4 Å². The van der Waals surface area contributed by atoms with Crippen LogP contribution >= 0.6 is 11.3 Å². The number of likely N-dealkylation sites (tertiary alicyclic amines) is 1. The summed E-state index contributed by atoms with van der Waals surface area (Å²) in [5.41, 5.74) is 0.632. The average Bonchev–Trinajstić information content (AvgIpc) is 3.26. The zero-order valence-corrected chi connectivity index (χ0v) is 15.7. The van der Waals surface area contributed by atoms with Crippen LogP contribution in [0.2, 0.25) is 0 Å². The summed E-state index contributed by atoms with van der Waals surface area (Å²) in [6.07, 6.45) is 1.63. The number of amides is 1. The second-order valence-electron chi connectivity index (χ2n) is 6.47. The number of hydrogen-bond acceptors (Lipinski definition) is 5. The van der Waals surface area contributed by atoms with Crippen molar-refractivity contribution in [2.75, 3.05) is 13.1 Å². The molecule has 0 aliphatic carbocycles. The van der Waals surface area contributed by atoms with Crippen LogP contribution in [0.1, 0.15) is 23.3 Å². The zero-order chi connectivity index (χ0) is 18.1. The summed E-state index contributed by atoms with van der Waals surface area (Å²) in [5, 5.41) is 4.97. The molecular weight excluding hydrogens is 370 g/mol. The number of thiophene rings is 1. The van der Waals surface area contributed by atoms with Gasteiger partial charge in [-0.3, -0.25) is 4.79 Å². The van der Waals surface area contributed by atoms with Crippen molar-refractivity contribution in [1.82, 2.24) is 10.2 Å². The first kappa shape index (κ1) is 17.2. The lowest BCUT2D eigenvalue weighted by Crippen LogP contribution is -2.45. The first-order chi connectivity index (χ1) is 12.5. The molecule has 1 atom stereocenters. The fourth-order valence-electron chi connectivity index (χ4n) is 3.43. The quantitative estimate of drug-likeness (QED) is 0.873. The molecule has 1 fully saturated rings. The Morgan fingerprint density at radius 3 is 2.92 bits per heavy atom. The monoisotopic (exact) mass is 389 g/mol. The van der Waals surface area contributed by atoms with E-state index in [2.05, 4.69) is 9.71 Å². The van der Waals surface area contributed by atoms with Crippen molar-refractivity contribution >= 4 is 33.1 Å². The third-order valence-corrected chi connectivity index (χ3v) is 6.92. The van der Waals surface area contributed by atoms with E-state index in [1.54, 1.807) is 29.5 Å². The second-order valence-corrected chi connectivity index (χ2v) is 9.07. The molecule has 1 aromatic carbocycles. The summed E-state index contributed by atoms with van der Waals surface area (Å²) >= 11 is 1.61. The van der Waals surface area contributed by atoms with Gasteiger partial charge in [0.15, 0.2) is 5.84 Å². The number of amidine groups is 1. The molecule has 26 heavy (non-hydrogen) atoms. The molecule has 1 unspecified atom stereocenters. The molecule has 0 radical (unpaired) electrons. The molecule has 4 rings (SSSR count). The highest BCUT2D eigenvalue weighted by atomic mass is 32.2. The number of rotatable bonds is 3. The number of sulfonamides is 1. The molecule has 1 saturated heterocycles. The Bertz CT molecular complexity index is 952. The molecule has 0 spiro atoms. The molecule has 0 saturated carbocycles. The predicted molar refractivity (Wildman–Crippen MR) is 101 cm³/mol. The molecule has 3 heterocycles. The van der Waals surface area contributed by atoms with Gasteiger partial charge in [0.2, 0.25) is 5.91 Å². The van der Waals surface area contributed by atoms with Crippen molar-refractivity contribution in [1.29, 1.82) is 0 Å². The van der Waals surface area contributed by atoms with Crippen LogP contribution in [0.3, 0.4) is 0 Å². The van der Waals surface area contributed by atoms with Crippen LogP contribution in [0.5, 0.6) is 0 Å². The Morgan fingerprint density at radius 2 is 2.12 bits per heavy atom. The summed E-state index contributed by atoms with van der Waals surface area (Å²) in [6.45, 7) is 1.72. The van der Waals surface area contributed by atoms with Crippen LogP contribution in [0.25, 0.3) is 0 Å². The topological polar surface area (TPSA) is 78.8 Å². The maximum atomic E-state index is 12.5. The van der Waals surface area contributed by atoms with Crippen LogP contribution < -0.4 is 5.32 Å². The highest BCUT2D eigenvalue weighted by Crippen LogP contribution is 2.29. The molecule has 2 aliphatic heterocycles. The number of nitrogens with zero attached hydrogens (tertiary/aromatic N) is 2. The standard InChI is InChI=1S/C18H19N3O3S2/c22-18(19-11-14-6-4-10-25-14)13-5-3-9-21(12-13)17-15-7-1-2-8-16(15)26(23,24)20-17/h1-2,4,6-8,10,13H,3,5,9,11-12H2,(H,19,22). The molecule has 2 aromatic rings. The molecular formula is C18H19N3O3S2. The Labute approximate surface area is 156 Å². The highest BCUT2D eigenvalue weighted by molar-refractivity contribution is 7.90. The van der Waals surface area contributed by atoms with Crippen LogP contribution in [0.15, 0.2) is 51.1 Å². The van der Waals surface area contributed by atoms with Crippen LogP contribution in [0, 0.1) is 5.92 Å². The minimum atomic E-state index is -3.63. The number of nitrogens with one attached hydrogen (secondary N) is 1. The van der Waals surface area contributed by atoms with Crippen LogP contribution in [-0.4, -0.2) is 38.2 Å². The van der Waals surface area contributed by atoms with E-state index in [9.17, 15) is 13.2 Å². The fourth-order valence-corrected chi connectivity index (χ4v) is 5.30. The molecule has 8 heteroatoms. The minimum absolute atomic E-state index is 0.0119. The molecule has 0 bridgehead atoms. The molecule has 2 aliphatic rings. The van der Waals surface area contributed by atoms with Gasteiger partial charge in [-0.15, -0.1) is 15.7 Å². The van der Waals surface area contributed by atoms with E-state index in [1.165, 1.54) is 0 Å². The van der Waals surface area contributed by atoms with E-state index in [-0.39, 0.29) is 16.7 Å². The maximum Gasteiger partial charge on any atom is 0.285 e. The lowest BCUT2D eigenvalue weighted by molar-refractivity contribution is -0.126. The van der Waals surface area contributed by atoms with Gasteiger partial charge in [-0.2, -0.15) is 8.42 Å². The summed E-state index contributed by atoms with van der Waals surface area (Å²) in [5.74, 6) is 0.316. The SMILES string of the molecule is O=C(NCc1cccs1)C1CCCN(C2=NS(=O)(=O)c3ccccc32)C1. The predicted octanol–water partition coefficient (Wildman–Crippen LogP) is 2.23. The Hall–Kier alpha value is -2.19. The normalized spacial score (nSPS) is 21.2. The largest absolute Gasteiger partial charge is 0.355 e. The lowest BCUT2D eigenvalue weighted by Gasteiger charge is -2.33. The number of benzene rings is 1. The van der Waals surface area contributed by atoms with Gasteiger partial charge in [0, 0.05) is 23.5 Å². The summed E-state index contributed by atoms with van der Waals surface area (Å²) in [4.78, 5) is 15.8. The lowest BCUT2D eigenvalue weighted by atomic mass is 9.96. The third kappa shape index (κ3) is 3.26. The maximum absolute atomic E-state index is 12.5. The van der Waals surface area contributed by atoms with E-state index in [4.69, 9.17) is 0 Å². The molecule has 1 N–H and O–H groups in total. The number of carbonyl (C=O) groups is 1. The Kier molecular flexibility index (Phi) is 4.54. The van der Waals surface area contributed by atoms with Gasteiger partial charge in [0.05, 0.1) is 12.5 Å². The van der Waals surface area contributed by atoms with Crippen molar-refractivity contribution in [3.05, 3.63) is 52.2 Å². The Balaban J connectivity index is 1.48. The molecule has 6 nitrogen and oxygen atoms in total. The van der Waals surface area contributed by atoms with E-state index >= 15 is 0 Å². The fraction of sp³-hybridized carbons (Fsp3) is 0.333. The van der Waals surface area contributed by atoms with Gasteiger partial charge in [-0.1, -0.05) is 18.2 Å². The Morgan fingerprint density at radius 1 is 1.27 bits per heavy atom. The van der Waals surface area contributed by atoms with Crippen molar-refractivity contribution < 1.29 is 13.2 Å². The van der Waals surface area contributed by atoms with Gasteiger partial charge in [-0.25, -0.2) is 0 Å². The van der Waals surface area contributed by atoms with E-state index in [1.807, 2.05) is 28.5 Å². The van der Waals surface area contributed by atoms with Gasteiger partial charge >= 0.3 is 0 Å². The second kappa shape index (κ2) is 6.85. The van der Waals surface area contributed by atoms with Crippen molar-refractivity contribution in [3.63, 3.8) is 0 Å². The number of hydrogen-bond donors (Lipinski definition) is 1. The molecule has 1 amide bonds. The van der Waals surface area contributed by atoms with Crippen molar-refractivity contribution in [2.45, 2.75) is 24.3 Å². The first-order valence-electron chi connectivity index (χ1n) is 8.54. The van der Waals surface area contributed by atoms with E-state index < -0.39 is 10.0 Å². The van der Waals surface area contributed by atoms with Gasteiger partial charge in [0.25, 0.3) is 10.0 Å². The number of fused-ring (bicyclic) bond motifs is 1. The zero-order valence-electron chi connectivity index (χ0n) is 14.1. The minimum Gasteiger partial charge on any atom is -0.355 e. The third-order valence-electron chi connectivity index (χ3n) is 4.72. The van der Waals surface area contributed by atoms with Gasteiger partial charge < -0.3 is 10.2 Å². The van der Waals surface area contributed by atoms with E-state index in [0.717, 1.165) is 17.7 Å². The van der Waals surface area contributed by atoms with Gasteiger partial charge in [0.1, 0.15) is 4.90 Å². The summed E-state index contributed by atoms with van der Waals surface area (Å²) < 4.78 is 28.5. The van der Waals surface area contributed by atoms with Crippen molar-refractivity contribution in [2.24, 2.45) is 10.3 Å². The van der Waals surface area contributed by atoms with E-state index in [0.29, 0.717) is 31.0 Å². The summed E-state index contributed by atoms with van der Waals surface area (Å²) in [7, 11) is -3.63. The van der Waals surface area contributed by atoms with Crippen molar-refractivity contribution in [3.8, 4) is 0 Å². The smallest absolute Gasteiger partial charge is 0.285 e. The molecule has 136 valence electrons. The highest BCUT2D eigenvalue weighted by Gasteiger charge is 2.35. The molecule has 1 aromatic heterocycles. The average molecular weight is 390 g/mol. The summed E-state index contributed by atoms with van der Waals surface area (Å²) in [6, 6.07) is 10.8. The first-order valence-corrected chi connectivity index (χ1v) is 10.9.